The highest BCUT2D eigenvalue weighted by molar-refractivity contribution is 5.74. The van der Waals surface area contributed by atoms with Crippen molar-refractivity contribution in [3.05, 3.63) is 46.8 Å². The molecular formula is C18H24N4O2. The van der Waals surface area contributed by atoms with E-state index in [0.717, 1.165) is 35.4 Å². The number of amides is 2. The first-order valence-electron chi connectivity index (χ1n) is 8.31. The molecule has 2 aromatic rings. The Balaban J connectivity index is 1.64. The molecule has 6 nitrogen and oxygen atoms in total. The smallest absolute Gasteiger partial charge is 0.317 e. The van der Waals surface area contributed by atoms with E-state index in [1.54, 1.807) is 11.8 Å². The number of hydrogen-bond acceptors (Lipinski definition) is 3. The first kappa shape index (κ1) is 16.4. The molecule has 2 heterocycles. The number of aromatic nitrogens is 2. The number of nitrogens with one attached hydrogen (secondary N) is 1. The van der Waals surface area contributed by atoms with Crippen molar-refractivity contribution < 1.29 is 9.53 Å². The number of fused-ring (bicyclic) bond motifs is 1. The second kappa shape index (κ2) is 6.95. The zero-order valence-corrected chi connectivity index (χ0v) is 14.5. The fourth-order valence-electron chi connectivity index (χ4n) is 3.25. The number of rotatable bonds is 4. The van der Waals surface area contributed by atoms with Crippen molar-refractivity contribution in [2.45, 2.75) is 32.9 Å². The molecule has 1 aliphatic heterocycles. The molecule has 0 bridgehead atoms. The molecular weight excluding hydrogens is 304 g/mol. The van der Waals surface area contributed by atoms with Crippen molar-refractivity contribution >= 4 is 6.03 Å². The lowest BCUT2D eigenvalue weighted by Gasteiger charge is -2.29. The van der Waals surface area contributed by atoms with Gasteiger partial charge < -0.3 is 15.0 Å². The van der Waals surface area contributed by atoms with Gasteiger partial charge in [0.25, 0.3) is 0 Å². The van der Waals surface area contributed by atoms with Gasteiger partial charge in [-0.15, -0.1) is 0 Å². The number of aryl methyl sites for hydroxylation is 2. The van der Waals surface area contributed by atoms with E-state index in [-0.39, 0.29) is 6.03 Å². The van der Waals surface area contributed by atoms with Crippen LogP contribution in [0.15, 0.2) is 24.4 Å². The van der Waals surface area contributed by atoms with E-state index in [0.29, 0.717) is 19.6 Å². The fourth-order valence-corrected chi connectivity index (χ4v) is 3.25. The number of carbonyl (C=O) groups excluding carboxylic acids is 1. The van der Waals surface area contributed by atoms with Crippen LogP contribution >= 0.6 is 0 Å². The van der Waals surface area contributed by atoms with Crippen LogP contribution < -0.4 is 10.1 Å². The molecule has 128 valence electrons. The summed E-state index contributed by atoms with van der Waals surface area (Å²) in [5.74, 6) is 0.913. The Morgan fingerprint density at radius 2 is 2.25 bits per heavy atom. The Labute approximate surface area is 142 Å². The molecule has 0 unspecified atom stereocenters. The highest BCUT2D eigenvalue weighted by atomic mass is 16.5. The van der Waals surface area contributed by atoms with Crippen LogP contribution in [0.5, 0.6) is 5.75 Å². The van der Waals surface area contributed by atoms with Gasteiger partial charge in [-0.3, -0.25) is 4.68 Å². The highest BCUT2D eigenvalue weighted by Gasteiger charge is 2.22. The second-order valence-electron chi connectivity index (χ2n) is 6.06. The number of ether oxygens (including phenoxy) is 1. The molecule has 1 aliphatic rings. The van der Waals surface area contributed by atoms with Crippen molar-refractivity contribution in [1.82, 2.24) is 20.0 Å². The highest BCUT2D eigenvalue weighted by Crippen LogP contribution is 2.27. The topological polar surface area (TPSA) is 59.4 Å². The van der Waals surface area contributed by atoms with Gasteiger partial charge in [-0.25, -0.2) is 4.79 Å². The summed E-state index contributed by atoms with van der Waals surface area (Å²) in [6.45, 7) is 3.90. The lowest BCUT2D eigenvalue weighted by atomic mass is 9.99. The molecule has 0 saturated carbocycles. The number of methoxy groups -OCH3 is 1. The second-order valence-corrected chi connectivity index (χ2v) is 6.06. The van der Waals surface area contributed by atoms with E-state index < -0.39 is 0 Å². The molecule has 1 aromatic carbocycles. The largest absolute Gasteiger partial charge is 0.496 e. The molecule has 0 fully saturated rings. The predicted molar refractivity (Wildman–Crippen MR) is 91.9 cm³/mol. The summed E-state index contributed by atoms with van der Waals surface area (Å²) in [6, 6.07) is 5.98. The minimum absolute atomic E-state index is 0.0330. The lowest BCUT2D eigenvalue weighted by molar-refractivity contribution is 0.191. The average molecular weight is 328 g/mol. The first-order chi connectivity index (χ1) is 11.6. The van der Waals surface area contributed by atoms with Crippen LogP contribution in [-0.4, -0.2) is 34.4 Å². The minimum Gasteiger partial charge on any atom is -0.496 e. The van der Waals surface area contributed by atoms with E-state index in [2.05, 4.69) is 23.4 Å². The van der Waals surface area contributed by atoms with Crippen LogP contribution in [-0.2, 0) is 33.0 Å². The summed E-state index contributed by atoms with van der Waals surface area (Å²) in [4.78, 5) is 14.3. The van der Waals surface area contributed by atoms with Crippen molar-refractivity contribution in [2.75, 3.05) is 13.7 Å². The SMILES string of the molecule is CCc1nn(C)cc1CNC(=O)N1CCc2c(cccc2OC)C1. The molecule has 0 spiro atoms. The van der Waals surface area contributed by atoms with Gasteiger partial charge in [0, 0.05) is 44.0 Å². The molecule has 0 aliphatic carbocycles. The van der Waals surface area contributed by atoms with Gasteiger partial charge in [-0.2, -0.15) is 5.10 Å². The maximum Gasteiger partial charge on any atom is 0.317 e. The van der Waals surface area contributed by atoms with Crippen LogP contribution in [0.25, 0.3) is 0 Å². The minimum atomic E-state index is -0.0330. The fraction of sp³-hybridized carbons (Fsp3) is 0.444. The number of carbonyl (C=O) groups is 1. The Morgan fingerprint density at radius 1 is 1.42 bits per heavy atom. The normalized spacial score (nSPS) is 13.5. The van der Waals surface area contributed by atoms with Gasteiger partial charge in [0.05, 0.1) is 12.8 Å². The van der Waals surface area contributed by atoms with Crippen LogP contribution in [0.4, 0.5) is 4.79 Å². The summed E-state index contributed by atoms with van der Waals surface area (Å²) in [7, 11) is 3.59. The number of urea groups is 1. The number of hydrogen-bond donors (Lipinski definition) is 1. The third-order valence-electron chi connectivity index (χ3n) is 4.49. The average Bonchev–Trinajstić information content (AvgIpc) is 2.98. The molecule has 1 aromatic heterocycles. The van der Waals surface area contributed by atoms with Gasteiger partial charge >= 0.3 is 6.03 Å². The van der Waals surface area contributed by atoms with Crippen LogP contribution in [0.1, 0.15) is 29.3 Å². The summed E-state index contributed by atoms with van der Waals surface area (Å²) in [5, 5.41) is 7.42. The van der Waals surface area contributed by atoms with Gasteiger partial charge in [-0.05, 0) is 24.5 Å². The summed E-state index contributed by atoms with van der Waals surface area (Å²) in [6.07, 6.45) is 3.65. The monoisotopic (exact) mass is 328 g/mol. The number of benzene rings is 1. The maximum atomic E-state index is 12.5. The molecule has 0 atom stereocenters. The molecule has 3 rings (SSSR count). The first-order valence-corrected chi connectivity index (χ1v) is 8.31. The van der Waals surface area contributed by atoms with Crippen molar-refractivity contribution in [2.24, 2.45) is 7.05 Å². The molecule has 2 amide bonds. The van der Waals surface area contributed by atoms with Crippen molar-refractivity contribution in [3.8, 4) is 5.75 Å². The Hall–Kier alpha value is -2.50. The lowest BCUT2D eigenvalue weighted by Crippen LogP contribution is -2.42. The van der Waals surface area contributed by atoms with Crippen LogP contribution in [0, 0.1) is 0 Å². The van der Waals surface area contributed by atoms with E-state index in [1.807, 2.05) is 30.3 Å². The van der Waals surface area contributed by atoms with Crippen molar-refractivity contribution in [3.63, 3.8) is 0 Å². The molecule has 0 saturated heterocycles. The van der Waals surface area contributed by atoms with Crippen molar-refractivity contribution in [1.29, 1.82) is 0 Å². The third kappa shape index (κ3) is 3.22. The van der Waals surface area contributed by atoms with Gasteiger partial charge in [-0.1, -0.05) is 19.1 Å². The molecule has 0 radical (unpaired) electrons. The molecule has 1 N–H and O–H groups in total. The molecule has 24 heavy (non-hydrogen) atoms. The van der Waals surface area contributed by atoms with Gasteiger partial charge in [0.15, 0.2) is 0 Å². The quantitative estimate of drug-likeness (QED) is 0.936. The van der Waals surface area contributed by atoms with E-state index in [9.17, 15) is 4.79 Å². The third-order valence-corrected chi connectivity index (χ3v) is 4.49. The van der Waals surface area contributed by atoms with Crippen LogP contribution in [0.3, 0.4) is 0 Å². The van der Waals surface area contributed by atoms with E-state index in [1.165, 1.54) is 5.56 Å². The van der Waals surface area contributed by atoms with Crippen LogP contribution in [0.2, 0.25) is 0 Å². The summed E-state index contributed by atoms with van der Waals surface area (Å²) in [5.41, 5.74) is 4.48. The predicted octanol–water partition coefficient (Wildman–Crippen LogP) is 2.26. The summed E-state index contributed by atoms with van der Waals surface area (Å²) >= 11 is 0. The number of nitrogens with zero attached hydrogens (tertiary/aromatic N) is 3. The van der Waals surface area contributed by atoms with E-state index in [4.69, 9.17) is 4.74 Å². The zero-order valence-electron chi connectivity index (χ0n) is 14.5. The Bertz CT molecular complexity index is 739. The van der Waals surface area contributed by atoms with Gasteiger partial charge in [0.2, 0.25) is 0 Å². The van der Waals surface area contributed by atoms with E-state index >= 15 is 0 Å². The standard InChI is InChI=1S/C18H24N4O2/c1-4-16-14(11-21(2)20-16)10-19-18(23)22-9-8-15-13(12-22)6-5-7-17(15)24-3/h5-7,11H,4,8-10,12H2,1-3H3,(H,19,23). The summed E-state index contributed by atoms with van der Waals surface area (Å²) < 4.78 is 7.21. The molecule has 6 heteroatoms. The van der Waals surface area contributed by atoms with Gasteiger partial charge in [0.1, 0.15) is 5.75 Å². The Kier molecular flexibility index (Phi) is 4.74. The zero-order chi connectivity index (χ0) is 17.1. The Morgan fingerprint density at radius 3 is 3.00 bits per heavy atom. The maximum absolute atomic E-state index is 12.5.